The zero-order valence-electron chi connectivity index (χ0n) is 12.6. The second-order valence-electron chi connectivity index (χ2n) is 4.89. The van der Waals surface area contributed by atoms with Crippen molar-refractivity contribution in [1.29, 1.82) is 0 Å². The van der Waals surface area contributed by atoms with E-state index in [4.69, 9.17) is 4.52 Å². The molecule has 23 heavy (non-hydrogen) atoms. The predicted molar refractivity (Wildman–Crippen MR) is 78.9 cm³/mol. The molecule has 0 atom stereocenters. The number of anilines is 2. The van der Waals surface area contributed by atoms with Crippen LogP contribution in [-0.2, 0) is 9.59 Å². The molecule has 1 aromatic carbocycles. The molecule has 0 aliphatic rings. The van der Waals surface area contributed by atoms with E-state index in [-0.39, 0.29) is 36.3 Å². The number of hydrogen-bond donors (Lipinski definition) is 1. The van der Waals surface area contributed by atoms with Gasteiger partial charge in [-0.1, -0.05) is 5.16 Å². The van der Waals surface area contributed by atoms with Crippen LogP contribution in [0.3, 0.4) is 0 Å². The van der Waals surface area contributed by atoms with E-state index in [9.17, 15) is 18.4 Å². The van der Waals surface area contributed by atoms with Crippen molar-refractivity contribution >= 4 is 23.3 Å². The molecule has 8 heteroatoms. The minimum absolute atomic E-state index is 0.0169. The summed E-state index contributed by atoms with van der Waals surface area (Å²) in [5, 5.41) is 6.13. The van der Waals surface area contributed by atoms with Gasteiger partial charge in [-0.15, -0.1) is 0 Å². The Balaban J connectivity index is 2.00. The highest BCUT2D eigenvalue weighted by atomic mass is 19.2. The molecule has 0 aliphatic carbocycles. The van der Waals surface area contributed by atoms with Crippen LogP contribution in [0.4, 0.5) is 20.3 Å². The average Bonchev–Trinajstić information content (AvgIpc) is 2.87. The summed E-state index contributed by atoms with van der Waals surface area (Å²) in [5.74, 6) is -2.01. The standard InChI is InChI=1S/C15H15F2N3O3/c1-9-7-14(19-23-9)18-15(22)5-6-20(10(2)21)11-3-4-12(16)13(17)8-11/h3-4,7-8H,5-6H2,1-2H3,(H,18,19,22). The molecule has 0 radical (unpaired) electrons. The molecule has 122 valence electrons. The van der Waals surface area contributed by atoms with Crippen molar-refractivity contribution in [3.8, 4) is 0 Å². The Morgan fingerprint density at radius 3 is 2.57 bits per heavy atom. The maximum Gasteiger partial charge on any atom is 0.227 e. The molecule has 2 rings (SSSR count). The third kappa shape index (κ3) is 4.35. The first-order chi connectivity index (χ1) is 10.9. The lowest BCUT2D eigenvalue weighted by molar-refractivity contribution is -0.117. The molecule has 0 unspecified atom stereocenters. The van der Waals surface area contributed by atoms with Crippen LogP contribution in [0.2, 0.25) is 0 Å². The van der Waals surface area contributed by atoms with Gasteiger partial charge in [-0.05, 0) is 19.1 Å². The lowest BCUT2D eigenvalue weighted by Crippen LogP contribution is -2.32. The Morgan fingerprint density at radius 1 is 1.26 bits per heavy atom. The number of nitrogens with zero attached hydrogens (tertiary/aromatic N) is 2. The number of aryl methyl sites for hydroxylation is 1. The van der Waals surface area contributed by atoms with Crippen molar-refractivity contribution in [3.63, 3.8) is 0 Å². The molecular weight excluding hydrogens is 308 g/mol. The lowest BCUT2D eigenvalue weighted by Gasteiger charge is -2.21. The summed E-state index contributed by atoms with van der Waals surface area (Å²) in [6.07, 6.45) is -0.0372. The Morgan fingerprint density at radius 2 is 2.00 bits per heavy atom. The van der Waals surface area contributed by atoms with Gasteiger partial charge in [0.25, 0.3) is 0 Å². The molecule has 0 saturated heterocycles. The van der Waals surface area contributed by atoms with Crippen molar-refractivity contribution in [2.24, 2.45) is 0 Å². The van der Waals surface area contributed by atoms with Crippen LogP contribution in [0, 0.1) is 18.6 Å². The molecule has 0 spiro atoms. The Bertz CT molecular complexity index is 731. The first-order valence-electron chi connectivity index (χ1n) is 6.83. The van der Waals surface area contributed by atoms with Gasteiger partial charge in [0.2, 0.25) is 11.8 Å². The Labute approximate surface area is 131 Å². The quantitative estimate of drug-likeness (QED) is 0.918. The maximum absolute atomic E-state index is 13.3. The molecule has 0 fully saturated rings. The summed E-state index contributed by atoms with van der Waals surface area (Å²) >= 11 is 0. The highest BCUT2D eigenvalue weighted by molar-refractivity contribution is 5.94. The number of halogens is 2. The highest BCUT2D eigenvalue weighted by Gasteiger charge is 2.16. The van der Waals surface area contributed by atoms with E-state index in [2.05, 4.69) is 10.5 Å². The molecule has 2 aromatic rings. The fourth-order valence-corrected chi connectivity index (χ4v) is 1.97. The summed E-state index contributed by atoms with van der Waals surface area (Å²) < 4.78 is 31.1. The fourth-order valence-electron chi connectivity index (χ4n) is 1.97. The molecule has 2 amide bonds. The summed E-state index contributed by atoms with van der Waals surface area (Å²) in [5.41, 5.74) is 0.182. The van der Waals surface area contributed by atoms with Crippen LogP contribution in [0.15, 0.2) is 28.8 Å². The zero-order valence-corrected chi connectivity index (χ0v) is 12.6. The molecular formula is C15H15F2N3O3. The zero-order chi connectivity index (χ0) is 17.0. The molecule has 0 bridgehead atoms. The van der Waals surface area contributed by atoms with Crippen molar-refractivity contribution < 1.29 is 22.9 Å². The van der Waals surface area contributed by atoms with Crippen LogP contribution in [-0.4, -0.2) is 23.5 Å². The third-order valence-electron chi connectivity index (χ3n) is 3.05. The van der Waals surface area contributed by atoms with Crippen molar-refractivity contribution in [3.05, 3.63) is 41.7 Å². The monoisotopic (exact) mass is 323 g/mol. The topological polar surface area (TPSA) is 75.4 Å². The second-order valence-corrected chi connectivity index (χ2v) is 4.89. The minimum Gasteiger partial charge on any atom is -0.360 e. The summed E-state index contributed by atoms with van der Waals surface area (Å²) in [7, 11) is 0. The Hall–Kier alpha value is -2.77. The van der Waals surface area contributed by atoms with E-state index >= 15 is 0 Å². The Kier molecular flexibility index (Phi) is 5.05. The molecule has 1 N–H and O–H groups in total. The predicted octanol–water partition coefficient (Wildman–Crippen LogP) is 2.64. The lowest BCUT2D eigenvalue weighted by atomic mass is 10.2. The van der Waals surface area contributed by atoms with Gasteiger partial charge in [0, 0.05) is 37.7 Å². The molecule has 0 saturated carbocycles. The minimum atomic E-state index is -1.06. The molecule has 1 aromatic heterocycles. The summed E-state index contributed by atoms with van der Waals surface area (Å²) in [6.45, 7) is 2.98. The number of rotatable bonds is 5. The third-order valence-corrected chi connectivity index (χ3v) is 3.05. The van der Waals surface area contributed by atoms with E-state index in [0.717, 1.165) is 12.1 Å². The first-order valence-corrected chi connectivity index (χ1v) is 6.83. The van der Waals surface area contributed by atoms with Gasteiger partial charge in [0.05, 0.1) is 0 Å². The maximum atomic E-state index is 13.3. The van der Waals surface area contributed by atoms with Crippen molar-refractivity contribution in [2.45, 2.75) is 20.3 Å². The number of nitrogens with one attached hydrogen (secondary N) is 1. The number of hydrogen-bond acceptors (Lipinski definition) is 4. The van der Waals surface area contributed by atoms with Gasteiger partial charge in [-0.2, -0.15) is 0 Å². The highest BCUT2D eigenvalue weighted by Crippen LogP contribution is 2.18. The van der Waals surface area contributed by atoms with Gasteiger partial charge in [0.1, 0.15) is 5.76 Å². The van der Waals surface area contributed by atoms with Crippen LogP contribution in [0.25, 0.3) is 0 Å². The van der Waals surface area contributed by atoms with Crippen molar-refractivity contribution in [1.82, 2.24) is 5.16 Å². The van der Waals surface area contributed by atoms with Gasteiger partial charge >= 0.3 is 0 Å². The van der Waals surface area contributed by atoms with E-state index < -0.39 is 11.6 Å². The molecule has 6 nitrogen and oxygen atoms in total. The van der Waals surface area contributed by atoms with Crippen LogP contribution in [0.1, 0.15) is 19.1 Å². The van der Waals surface area contributed by atoms with Crippen LogP contribution in [0.5, 0.6) is 0 Å². The number of aromatic nitrogens is 1. The van der Waals surface area contributed by atoms with Gasteiger partial charge in [-0.3, -0.25) is 9.59 Å². The van der Waals surface area contributed by atoms with Gasteiger partial charge in [-0.25, -0.2) is 8.78 Å². The van der Waals surface area contributed by atoms with E-state index in [1.54, 1.807) is 13.0 Å². The largest absolute Gasteiger partial charge is 0.360 e. The van der Waals surface area contributed by atoms with Crippen LogP contribution < -0.4 is 10.2 Å². The van der Waals surface area contributed by atoms with E-state index in [1.165, 1.54) is 17.9 Å². The van der Waals surface area contributed by atoms with E-state index in [0.29, 0.717) is 5.76 Å². The number of benzene rings is 1. The SMILES string of the molecule is CC(=O)N(CCC(=O)Nc1cc(C)on1)c1ccc(F)c(F)c1. The summed E-state index contributed by atoms with van der Waals surface area (Å²) in [4.78, 5) is 24.7. The number of carbonyl (C=O) groups is 2. The smallest absolute Gasteiger partial charge is 0.227 e. The number of carbonyl (C=O) groups excluding carboxylic acids is 2. The van der Waals surface area contributed by atoms with Crippen molar-refractivity contribution in [2.75, 3.05) is 16.8 Å². The summed E-state index contributed by atoms with van der Waals surface area (Å²) in [6, 6.07) is 4.67. The second kappa shape index (κ2) is 6.99. The normalized spacial score (nSPS) is 10.4. The molecule has 1 heterocycles. The number of amides is 2. The average molecular weight is 323 g/mol. The van der Waals surface area contributed by atoms with Gasteiger partial charge in [0.15, 0.2) is 17.5 Å². The fraction of sp³-hybridized carbons (Fsp3) is 0.267. The van der Waals surface area contributed by atoms with Crippen LogP contribution >= 0.6 is 0 Å². The molecule has 0 aliphatic heterocycles. The van der Waals surface area contributed by atoms with Gasteiger partial charge < -0.3 is 14.7 Å². The van der Waals surface area contributed by atoms with E-state index in [1.807, 2.05) is 0 Å². The first kappa shape index (κ1) is 16.6.